The molecule has 0 aliphatic heterocycles. The molecule has 2 N–H and O–H groups in total. The minimum atomic E-state index is -0.0720. The van der Waals surface area contributed by atoms with Gasteiger partial charge in [0.25, 0.3) is 6.29 Å². The standard InChI is InChI=1S/C11H9N2O2/c14-7-10-12-9(11(15)13-10)6-8-4-2-1-3-5-8/h1-5,15H,6H2,(H,12,13). The van der Waals surface area contributed by atoms with E-state index in [2.05, 4.69) is 9.97 Å². The summed E-state index contributed by atoms with van der Waals surface area (Å²) in [7, 11) is 0. The average molecular weight is 201 g/mol. The van der Waals surface area contributed by atoms with E-state index in [9.17, 15) is 9.90 Å². The molecule has 1 radical (unpaired) electrons. The predicted octanol–water partition coefficient (Wildman–Crippen LogP) is 1.16. The average Bonchev–Trinajstić information content (AvgIpc) is 2.61. The molecule has 4 heteroatoms. The molecule has 0 amide bonds. The number of H-pyrrole nitrogens is 1. The molecule has 1 heterocycles. The van der Waals surface area contributed by atoms with Crippen molar-refractivity contribution in [3.8, 4) is 5.88 Å². The van der Waals surface area contributed by atoms with E-state index >= 15 is 0 Å². The van der Waals surface area contributed by atoms with Gasteiger partial charge in [-0.25, -0.2) is 4.98 Å². The van der Waals surface area contributed by atoms with E-state index in [1.807, 2.05) is 30.3 Å². The van der Waals surface area contributed by atoms with Gasteiger partial charge in [0.2, 0.25) is 5.88 Å². The molecule has 2 rings (SSSR count). The van der Waals surface area contributed by atoms with E-state index in [1.165, 1.54) is 0 Å². The van der Waals surface area contributed by atoms with Gasteiger partial charge in [0.1, 0.15) is 5.69 Å². The zero-order valence-corrected chi connectivity index (χ0v) is 7.90. The Balaban J connectivity index is 2.24. The summed E-state index contributed by atoms with van der Waals surface area (Å²) in [4.78, 5) is 16.6. The second-order valence-electron chi connectivity index (χ2n) is 3.15. The van der Waals surface area contributed by atoms with E-state index in [0.29, 0.717) is 12.1 Å². The van der Waals surface area contributed by atoms with Gasteiger partial charge in [-0.05, 0) is 5.56 Å². The summed E-state index contributed by atoms with van der Waals surface area (Å²) in [6.07, 6.45) is 2.09. The van der Waals surface area contributed by atoms with Crippen LogP contribution in [0.25, 0.3) is 0 Å². The number of rotatable bonds is 3. The topological polar surface area (TPSA) is 66.0 Å². The van der Waals surface area contributed by atoms with Crippen LogP contribution in [0.3, 0.4) is 0 Å². The number of hydrogen-bond donors (Lipinski definition) is 2. The Kier molecular flexibility index (Phi) is 2.49. The predicted molar refractivity (Wildman–Crippen MR) is 54.3 cm³/mol. The van der Waals surface area contributed by atoms with Crippen LogP contribution < -0.4 is 0 Å². The maximum Gasteiger partial charge on any atom is 0.272 e. The highest BCUT2D eigenvalue weighted by Gasteiger charge is 2.09. The molecular weight excluding hydrogens is 192 g/mol. The first-order valence-electron chi connectivity index (χ1n) is 4.49. The molecule has 0 fully saturated rings. The maximum atomic E-state index is 10.3. The molecule has 0 saturated heterocycles. The molecule has 0 bridgehead atoms. The largest absolute Gasteiger partial charge is 0.493 e. The van der Waals surface area contributed by atoms with Crippen molar-refractivity contribution in [2.75, 3.05) is 0 Å². The third-order valence-electron chi connectivity index (χ3n) is 2.07. The van der Waals surface area contributed by atoms with Crippen LogP contribution in [0.15, 0.2) is 30.3 Å². The SMILES string of the molecule is O=[C]c1nc(Cc2ccccc2)c(O)[nH]1. The Morgan fingerprint density at radius 1 is 1.33 bits per heavy atom. The van der Waals surface area contributed by atoms with Crippen LogP contribution in [0.4, 0.5) is 0 Å². The van der Waals surface area contributed by atoms with E-state index in [-0.39, 0.29) is 11.7 Å². The number of benzene rings is 1. The van der Waals surface area contributed by atoms with E-state index in [4.69, 9.17) is 0 Å². The second kappa shape index (κ2) is 3.96. The van der Waals surface area contributed by atoms with Gasteiger partial charge in [0, 0.05) is 6.42 Å². The monoisotopic (exact) mass is 201 g/mol. The number of aromatic amines is 1. The minimum absolute atomic E-state index is 0.0263. The van der Waals surface area contributed by atoms with Crippen LogP contribution in [-0.2, 0) is 11.2 Å². The third kappa shape index (κ3) is 2.04. The van der Waals surface area contributed by atoms with Crippen LogP contribution in [0.5, 0.6) is 5.88 Å². The maximum absolute atomic E-state index is 10.3. The van der Waals surface area contributed by atoms with Crippen molar-refractivity contribution in [3.63, 3.8) is 0 Å². The number of carbonyl (C=O) groups excluding carboxylic acids is 1. The quantitative estimate of drug-likeness (QED) is 0.783. The first kappa shape index (κ1) is 9.45. The van der Waals surface area contributed by atoms with E-state index in [1.54, 1.807) is 6.29 Å². The molecular formula is C11H9N2O2. The molecule has 1 aromatic heterocycles. The molecule has 15 heavy (non-hydrogen) atoms. The van der Waals surface area contributed by atoms with Gasteiger partial charge < -0.3 is 10.1 Å². The van der Waals surface area contributed by atoms with Crippen LogP contribution >= 0.6 is 0 Å². The fraction of sp³-hybridized carbons (Fsp3) is 0.0909. The lowest BCUT2D eigenvalue weighted by Gasteiger charge is -1.97. The molecule has 1 aromatic carbocycles. The summed E-state index contributed by atoms with van der Waals surface area (Å²) in [6, 6.07) is 9.59. The Morgan fingerprint density at radius 2 is 2.07 bits per heavy atom. The van der Waals surface area contributed by atoms with Crippen molar-refractivity contribution in [1.82, 2.24) is 9.97 Å². The van der Waals surface area contributed by atoms with Gasteiger partial charge in [-0.15, -0.1) is 0 Å². The summed E-state index contributed by atoms with van der Waals surface area (Å²) in [5.74, 6) is -0.0457. The number of aromatic nitrogens is 2. The fourth-order valence-electron chi connectivity index (χ4n) is 1.36. The van der Waals surface area contributed by atoms with Crippen LogP contribution in [-0.4, -0.2) is 21.4 Å². The Morgan fingerprint density at radius 3 is 2.67 bits per heavy atom. The first-order valence-corrected chi connectivity index (χ1v) is 4.49. The number of nitrogens with one attached hydrogen (secondary N) is 1. The minimum Gasteiger partial charge on any atom is -0.493 e. The lowest BCUT2D eigenvalue weighted by atomic mass is 10.1. The molecule has 0 aliphatic carbocycles. The molecule has 4 nitrogen and oxygen atoms in total. The van der Waals surface area contributed by atoms with Crippen molar-refractivity contribution >= 4 is 6.29 Å². The van der Waals surface area contributed by atoms with Crippen LogP contribution in [0.2, 0.25) is 0 Å². The highest BCUT2D eigenvalue weighted by molar-refractivity contribution is 5.70. The van der Waals surface area contributed by atoms with Crippen molar-refractivity contribution < 1.29 is 9.90 Å². The summed E-state index contributed by atoms with van der Waals surface area (Å²) in [6.45, 7) is 0. The first-order chi connectivity index (χ1) is 7.29. The van der Waals surface area contributed by atoms with Gasteiger partial charge in [-0.2, -0.15) is 0 Å². The Bertz CT molecular complexity index is 463. The number of imidazole rings is 1. The normalized spacial score (nSPS) is 10.1. The molecule has 0 unspecified atom stereocenters. The Hall–Kier alpha value is -2.10. The molecule has 75 valence electrons. The zero-order valence-electron chi connectivity index (χ0n) is 7.90. The number of nitrogens with zero attached hydrogens (tertiary/aromatic N) is 1. The molecule has 2 aromatic rings. The van der Waals surface area contributed by atoms with Crippen molar-refractivity contribution in [2.24, 2.45) is 0 Å². The van der Waals surface area contributed by atoms with Crippen molar-refractivity contribution in [1.29, 1.82) is 0 Å². The second-order valence-corrected chi connectivity index (χ2v) is 3.15. The van der Waals surface area contributed by atoms with E-state index < -0.39 is 0 Å². The molecule has 0 atom stereocenters. The van der Waals surface area contributed by atoms with Gasteiger partial charge in [-0.3, -0.25) is 4.79 Å². The number of hydrogen-bond acceptors (Lipinski definition) is 3. The fourth-order valence-corrected chi connectivity index (χ4v) is 1.36. The number of aromatic hydroxyl groups is 1. The van der Waals surface area contributed by atoms with Crippen molar-refractivity contribution in [3.05, 3.63) is 47.4 Å². The van der Waals surface area contributed by atoms with Crippen LogP contribution in [0, 0.1) is 0 Å². The van der Waals surface area contributed by atoms with Crippen LogP contribution in [0.1, 0.15) is 17.1 Å². The summed E-state index contributed by atoms with van der Waals surface area (Å²) < 4.78 is 0. The Labute approximate surface area is 86.6 Å². The van der Waals surface area contributed by atoms with Crippen molar-refractivity contribution in [2.45, 2.75) is 6.42 Å². The van der Waals surface area contributed by atoms with Gasteiger partial charge in [0.15, 0.2) is 5.82 Å². The smallest absolute Gasteiger partial charge is 0.272 e. The van der Waals surface area contributed by atoms with Gasteiger partial charge in [0.05, 0.1) is 0 Å². The highest BCUT2D eigenvalue weighted by Crippen LogP contribution is 2.16. The third-order valence-corrected chi connectivity index (χ3v) is 2.07. The molecule has 0 spiro atoms. The van der Waals surface area contributed by atoms with Gasteiger partial charge >= 0.3 is 0 Å². The lowest BCUT2D eigenvalue weighted by Crippen LogP contribution is -1.89. The lowest BCUT2D eigenvalue weighted by molar-refractivity contribution is 0.450. The summed E-state index contributed by atoms with van der Waals surface area (Å²) in [5.41, 5.74) is 1.48. The molecule has 0 aliphatic rings. The molecule has 0 saturated carbocycles. The zero-order chi connectivity index (χ0) is 10.7. The highest BCUT2D eigenvalue weighted by atomic mass is 16.3. The van der Waals surface area contributed by atoms with Gasteiger partial charge in [-0.1, -0.05) is 30.3 Å². The van der Waals surface area contributed by atoms with E-state index in [0.717, 1.165) is 5.56 Å². The summed E-state index contributed by atoms with van der Waals surface area (Å²) >= 11 is 0. The summed E-state index contributed by atoms with van der Waals surface area (Å²) in [5, 5.41) is 9.43.